The van der Waals surface area contributed by atoms with Gasteiger partial charge in [0.2, 0.25) is 5.82 Å². The van der Waals surface area contributed by atoms with Crippen molar-refractivity contribution in [3.05, 3.63) is 69.6 Å². The number of benzene rings is 1. The van der Waals surface area contributed by atoms with Gasteiger partial charge in [-0.05, 0) is 12.1 Å². The molecular weight excluding hydrogens is 281 g/mol. The van der Waals surface area contributed by atoms with Crippen LogP contribution in [0.3, 0.4) is 0 Å². The van der Waals surface area contributed by atoms with E-state index in [9.17, 15) is 26.7 Å². The van der Waals surface area contributed by atoms with E-state index in [4.69, 9.17) is 0 Å². The summed E-state index contributed by atoms with van der Waals surface area (Å²) < 4.78 is 65.7. The second-order valence-electron chi connectivity index (χ2n) is 3.79. The summed E-state index contributed by atoms with van der Waals surface area (Å²) in [6.45, 7) is 0. The molecule has 104 valence electrons. The highest BCUT2D eigenvalue weighted by molar-refractivity contribution is 5.60. The first-order valence-corrected chi connectivity index (χ1v) is 5.30. The third kappa shape index (κ3) is 2.47. The fourth-order valence-electron chi connectivity index (χ4n) is 1.50. The van der Waals surface area contributed by atoms with E-state index < -0.39 is 40.2 Å². The van der Waals surface area contributed by atoms with Crippen LogP contribution in [-0.4, -0.2) is 0 Å². The Morgan fingerprint density at radius 2 is 1.25 bits per heavy atom. The van der Waals surface area contributed by atoms with Crippen molar-refractivity contribution in [2.45, 2.75) is 0 Å². The van der Waals surface area contributed by atoms with Crippen LogP contribution >= 0.6 is 0 Å². The summed E-state index contributed by atoms with van der Waals surface area (Å²) >= 11 is 0. The molecule has 0 heterocycles. The maximum absolute atomic E-state index is 13.4. The molecule has 7 heteroatoms. The highest BCUT2D eigenvalue weighted by atomic mass is 19.2. The number of hydrogen-bond acceptors (Lipinski definition) is 2. The van der Waals surface area contributed by atoms with Crippen molar-refractivity contribution >= 4 is 11.4 Å². The quantitative estimate of drug-likeness (QED) is 0.520. The molecule has 0 saturated carbocycles. The molecule has 1 N–H and O–H groups in total. The van der Waals surface area contributed by atoms with Crippen molar-refractivity contribution in [3.8, 4) is 0 Å². The molecule has 2 nitrogen and oxygen atoms in total. The van der Waals surface area contributed by atoms with Gasteiger partial charge in [0.1, 0.15) is 5.69 Å². The highest BCUT2D eigenvalue weighted by Gasteiger charge is 2.25. The molecule has 0 fully saturated rings. The molecule has 2 rings (SSSR count). The SMILES string of the molecule is O=c1ccccc(Nc2c(F)c(F)c(F)c(F)c2F)c1. The molecule has 0 radical (unpaired) electrons. The minimum atomic E-state index is -2.24. The van der Waals surface area contributed by atoms with Crippen molar-refractivity contribution in [1.29, 1.82) is 0 Å². The Bertz CT molecular complexity index is 703. The Morgan fingerprint density at radius 3 is 1.85 bits per heavy atom. The van der Waals surface area contributed by atoms with Crippen LogP contribution in [0.25, 0.3) is 0 Å². The minimum absolute atomic E-state index is 0.108. The maximum atomic E-state index is 13.4. The molecule has 0 bridgehead atoms. The number of anilines is 2. The summed E-state index contributed by atoms with van der Waals surface area (Å²) in [5.41, 5.74) is -1.82. The molecule has 0 aliphatic heterocycles. The first-order valence-electron chi connectivity index (χ1n) is 5.30. The lowest BCUT2D eigenvalue weighted by molar-refractivity contribution is 0.382. The van der Waals surface area contributed by atoms with Crippen LogP contribution in [0.5, 0.6) is 0 Å². The van der Waals surface area contributed by atoms with Gasteiger partial charge in [-0.25, -0.2) is 22.0 Å². The molecule has 0 unspecified atom stereocenters. The maximum Gasteiger partial charge on any atom is 0.200 e. The second kappa shape index (κ2) is 5.28. The lowest BCUT2D eigenvalue weighted by Crippen LogP contribution is -2.07. The molecule has 0 aromatic heterocycles. The fraction of sp³-hybridized carbons (Fsp3) is 0. The molecule has 0 aliphatic rings. The summed E-state index contributed by atoms with van der Waals surface area (Å²) in [5, 5.41) is 2.01. The zero-order valence-electron chi connectivity index (χ0n) is 9.68. The van der Waals surface area contributed by atoms with Crippen LogP contribution in [-0.2, 0) is 0 Å². The second-order valence-corrected chi connectivity index (χ2v) is 3.79. The summed E-state index contributed by atoms with van der Waals surface area (Å²) in [5.74, 6) is -10.4. The number of hydrogen-bond donors (Lipinski definition) is 1. The predicted octanol–water partition coefficient (Wildman–Crippen LogP) is 3.49. The van der Waals surface area contributed by atoms with E-state index in [0.29, 0.717) is 0 Å². The van der Waals surface area contributed by atoms with E-state index in [0.717, 1.165) is 6.07 Å². The Hall–Kier alpha value is -2.44. The van der Waals surface area contributed by atoms with Crippen LogP contribution in [0.1, 0.15) is 0 Å². The third-order valence-electron chi connectivity index (χ3n) is 2.42. The van der Waals surface area contributed by atoms with E-state index in [1.807, 2.05) is 5.32 Å². The predicted molar refractivity (Wildman–Crippen MR) is 62.2 cm³/mol. The summed E-state index contributed by atoms with van der Waals surface area (Å²) in [6.07, 6.45) is 0. The van der Waals surface area contributed by atoms with Gasteiger partial charge >= 0.3 is 0 Å². The molecule has 0 saturated heterocycles. The lowest BCUT2D eigenvalue weighted by Gasteiger charge is -2.09. The van der Waals surface area contributed by atoms with Crippen LogP contribution in [0.15, 0.2) is 35.1 Å². The fourth-order valence-corrected chi connectivity index (χ4v) is 1.50. The molecule has 20 heavy (non-hydrogen) atoms. The molecule has 0 atom stereocenters. The molecule has 2 aromatic carbocycles. The molecule has 0 spiro atoms. The van der Waals surface area contributed by atoms with E-state index in [1.54, 1.807) is 0 Å². The van der Waals surface area contributed by atoms with E-state index >= 15 is 0 Å². The monoisotopic (exact) mass is 287 g/mol. The van der Waals surface area contributed by atoms with Gasteiger partial charge in [0.05, 0.1) is 0 Å². The highest BCUT2D eigenvalue weighted by Crippen LogP contribution is 2.29. The molecular formula is C13H6F5NO. The summed E-state index contributed by atoms with van der Waals surface area (Å²) in [7, 11) is 0. The van der Waals surface area contributed by atoms with Crippen LogP contribution in [0.4, 0.5) is 33.3 Å². The Morgan fingerprint density at radius 1 is 0.750 bits per heavy atom. The van der Waals surface area contributed by atoms with Gasteiger partial charge in [0.25, 0.3) is 0 Å². The van der Waals surface area contributed by atoms with E-state index in [1.165, 1.54) is 24.3 Å². The topological polar surface area (TPSA) is 29.1 Å². The van der Waals surface area contributed by atoms with Gasteiger partial charge in [0.15, 0.2) is 28.7 Å². The standard InChI is InChI=1S/C13H6F5NO/c14-8-9(15)11(17)13(12(18)10(8)16)19-6-3-1-2-4-7(20)5-6/h1-5,19H. The van der Waals surface area contributed by atoms with Gasteiger partial charge < -0.3 is 5.32 Å². The summed E-state index contributed by atoms with van der Waals surface area (Å²) in [4.78, 5) is 11.2. The minimum Gasteiger partial charge on any atom is -0.350 e. The van der Waals surface area contributed by atoms with E-state index in [2.05, 4.69) is 0 Å². The van der Waals surface area contributed by atoms with Crippen molar-refractivity contribution < 1.29 is 22.0 Å². The third-order valence-corrected chi connectivity index (χ3v) is 2.42. The molecule has 0 amide bonds. The first-order chi connectivity index (χ1) is 9.41. The zero-order chi connectivity index (χ0) is 14.9. The van der Waals surface area contributed by atoms with Gasteiger partial charge in [-0.2, -0.15) is 0 Å². The number of nitrogens with one attached hydrogen (secondary N) is 1. The lowest BCUT2D eigenvalue weighted by atomic mass is 10.2. The van der Waals surface area contributed by atoms with Crippen molar-refractivity contribution in [2.75, 3.05) is 5.32 Å². The summed E-state index contributed by atoms with van der Waals surface area (Å²) in [6, 6.07) is 6.11. The van der Waals surface area contributed by atoms with Crippen molar-refractivity contribution in [3.63, 3.8) is 0 Å². The average Bonchev–Trinajstić information content (AvgIpc) is 2.63. The smallest absolute Gasteiger partial charge is 0.200 e. The van der Waals surface area contributed by atoms with Crippen LogP contribution in [0, 0.1) is 29.1 Å². The molecule has 0 aliphatic carbocycles. The van der Waals surface area contributed by atoms with Gasteiger partial charge in [-0.3, -0.25) is 4.79 Å². The largest absolute Gasteiger partial charge is 0.350 e. The zero-order valence-corrected chi connectivity index (χ0v) is 9.68. The Labute approximate surface area is 109 Å². The molecule has 2 aromatic rings. The Kier molecular flexibility index (Phi) is 3.69. The van der Waals surface area contributed by atoms with E-state index in [-0.39, 0.29) is 5.69 Å². The van der Waals surface area contributed by atoms with Gasteiger partial charge in [0, 0.05) is 11.8 Å². The van der Waals surface area contributed by atoms with Crippen LogP contribution < -0.4 is 10.7 Å². The van der Waals surface area contributed by atoms with Gasteiger partial charge in [-0.1, -0.05) is 12.1 Å². The normalized spacial score (nSPS) is 10.4. The number of halogens is 5. The number of rotatable bonds is 2. The van der Waals surface area contributed by atoms with Gasteiger partial charge in [-0.15, -0.1) is 0 Å². The first kappa shape index (κ1) is 14.0. The van der Waals surface area contributed by atoms with Crippen molar-refractivity contribution in [1.82, 2.24) is 0 Å². The average molecular weight is 287 g/mol. The van der Waals surface area contributed by atoms with Crippen molar-refractivity contribution in [2.24, 2.45) is 0 Å². The Balaban J connectivity index is 2.58. The van der Waals surface area contributed by atoms with Crippen LogP contribution in [0.2, 0.25) is 0 Å².